The minimum absolute atomic E-state index is 0.137. The van der Waals surface area contributed by atoms with Gasteiger partial charge in [-0.15, -0.1) is 5.10 Å². The molecule has 1 atom stereocenters. The Morgan fingerprint density at radius 1 is 1.38 bits per heavy atom. The fraction of sp³-hybridized carbons (Fsp3) is 0.588. The molecule has 0 N–H and O–H groups in total. The summed E-state index contributed by atoms with van der Waals surface area (Å²) < 4.78 is 11.6. The highest BCUT2D eigenvalue weighted by Crippen LogP contribution is 2.16. The van der Waals surface area contributed by atoms with Crippen LogP contribution < -0.4 is 4.90 Å². The highest BCUT2D eigenvalue weighted by atomic mass is 16.5. The number of aromatic nitrogens is 3. The minimum atomic E-state index is 0.137. The molecule has 0 aliphatic carbocycles. The summed E-state index contributed by atoms with van der Waals surface area (Å²) in [7, 11) is 0. The Morgan fingerprint density at radius 2 is 2.25 bits per heavy atom. The average molecular weight is 331 g/mol. The molecule has 7 nitrogen and oxygen atoms in total. The van der Waals surface area contributed by atoms with Gasteiger partial charge in [-0.05, 0) is 32.9 Å². The third-order valence-corrected chi connectivity index (χ3v) is 4.34. The zero-order valence-electron chi connectivity index (χ0n) is 14.6. The average Bonchev–Trinajstić information content (AvgIpc) is 2.91. The van der Waals surface area contributed by atoms with E-state index < -0.39 is 0 Å². The number of aryl methyl sites for hydroxylation is 2. The Morgan fingerprint density at radius 3 is 2.92 bits per heavy atom. The number of hydrogen-bond donors (Lipinski definition) is 0. The van der Waals surface area contributed by atoms with Crippen molar-refractivity contribution < 1.29 is 9.15 Å². The van der Waals surface area contributed by atoms with Crippen LogP contribution in [-0.2, 0) is 11.3 Å². The van der Waals surface area contributed by atoms with Crippen molar-refractivity contribution in [1.82, 2.24) is 20.1 Å². The molecule has 0 spiro atoms. The molecule has 2 aromatic rings. The van der Waals surface area contributed by atoms with Gasteiger partial charge in [0.25, 0.3) is 0 Å². The molecule has 1 saturated heterocycles. The normalized spacial score (nSPS) is 18.7. The summed E-state index contributed by atoms with van der Waals surface area (Å²) in [4.78, 5) is 9.01. The summed E-state index contributed by atoms with van der Waals surface area (Å²) in [6.45, 7) is 10.9. The number of nitrogens with zero attached hydrogens (tertiary/aromatic N) is 5. The second kappa shape index (κ2) is 7.72. The molecular weight excluding hydrogens is 306 g/mol. The molecule has 3 heterocycles. The standard InChI is InChI=1S/C17H25N5O2/c1-4-22(16-6-5-7-18-20-16)11-15-10-21(8-9-23-15)12-17-19-13(2)14(3)24-17/h5-7,15H,4,8-12H2,1-3H3. The van der Waals surface area contributed by atoms with Crippen LogP contribution in [0.1, 0.15) is 24.3 Å². The van der Waals surface area contributed by atoms with E-state index in [1.807, 2.05) is 26.0 Å². The molecule has 0 aromatic carbocycles. The topological polar surface area (TPSA) is 67.5 Å². The first-order chi connectivity index (χ1) is 11.7. The van der Waals surface area contributed by atoms with E-state index in [1.54, 1.807) is 6.20 Å². The van der Waals surface area contributed by atoms with Crippen molar-refractivity contribution in [3.63, 3.8) is 0 Å². The first kappa shape index (κ1) is 16.9. The third-order valence-electron chi connectivity index (χ3n) is 4.34. The van der Waals surface area contributed by atoms with Gasteiger partial charge in [0.1, 0.15) is 5.76 Å². The lowest BCUT2D eigenvalue weighted by molar-refractivity contribution is -0.0292. The van der Waals surface area contributed by atoms with Crippen LogP contribution in [0, 0.1) is 13.8 Å². The Balaban J connectivity index is 1.58. The molecule has 7 heteroatoms. The van der Waals surface area contributed by atoms with Crippen molar-refractivity contribution in [3.05, 3.63) is 35.7 Å². The van der Waals surface area contributed by atoms with Crippen LogP contribution in [-0.4, -0.2) is 59.0 Å². The lowest BCUT2D eigenvalue weighted by Crippen LogP contribution is -2.47. The molecule has 1 aliphatic heterocycles. The number of anilines is 1. The van der Waals surface area contributed by atoms with Gasteiger partial charge in [0.05, 0.1) is 24.9 Å². The van der Waals surface area contributed by atoms with Crippen LogP contribution >= 0.6 is 0 Å². The third kappa shape index (κ3) is 4.10. The van der Waals surface area contributed by atoms with Gasteiger partial charge in [-0.1, -0.05) is 0 Å². The molecule has 1 aliphatic rings. The van der Waals surface area contributed by atoms with Crippen molar-refractivity contribution in [2.75, 3.05) is 37.7 Å². The summed E-state index contributed by atoms with van der Waals surface area (Å²) >= 11 is 0. The first-order valence-electron chi connectivity index (χ1n) is 8.45. The molecular formula is C17H25N5O2. The SMILES string of the molecule is CCN(CC1CN(Cc2nc(C)c(C)o2)CCO1)c1cccnn1. The molecule has 0 saturated carbocycles. The van der Waals surface area contributed by atoms with Gasteiger partial charge >= 0.3 is 0 Å². The Kier molecular flexibility index (Phi) is 5.42. The van der Waals surface area contributed by atoms with Crippen molar-refractivity contribution in [3.8, 4) is 0 Å². The van der Waals surface area contributed by atoms with Gasteiger partial charge in [-0.2, -0.15) is 5.10 Å². The quantitative estimate of drug-likeness (QED) is 0.799. The maximum Gasteiger partial charge on any atom is 0.208 e. The highest BCUT2D eigenvalue weighted by Gasteiger charge is 2.24. The number of likely N-dealkylation sites (N-methyl/N-ethyl adjacent to an activating group) is 1. The number of hydrogen-bond acceptors (Lipinski definition) is 7. The molecule has 1 unspecified atom stereocenters. The predicted molar refractivity (Wildman–Crippen MR) is 90.9 cm³/mol. The lowest BCUT2D eigenvalue weighted by atomic mass is 10.2. The fourth-order valence-corrected chi connectivity index (χ4v) is 2.93. The summed E-state index contributed by atoms with van der Waals surface area (Å²) in [6, 6.07) is 3.89. The van der Waals surface area contributed by atoms with E-state index in [9.17, 15) is 0 Å². The molecule has 3 rings (SSSR count). The van der Waals surface area contributed by atoms with Crippen molar-refractivity contribution >= 4 is 5.82 Å². The van der Waals surface area contributed by atoms with Crippen LogP contribution in [0.2, 0.25) is 0 Å². The van der Waals surface area contributed by atoms with E-state index in [2.05, 4.69) is 31.9 Å². The van der Waals surface area contributed by atoms with Gasteiger partial charge in [0, 0.05) is 32.4 Å². The van der Waals surface area contributed by atoms with E-state index in [0.29, 0.717) is 0 Å². The van der Waals surface area contributed by atoms with Crippen LogP contribution in [0.15, 0.2) is 22.7 Å². The van der Waals surface area contributed by atoms with Crippen LogP contribution in [0.4, 0.5) is 5.82 Å². The Hall–Kier alpha value is -1.99. The fourth-order valence-electron chi connectivity index (χ4n) is 2.93. The molecule has 24 heavy (non-hydrogen) atoms. The van der Waals surface area contributed by atoms with Crippen molar-refractivity contribution in [2.45, 2.75) is 33.4 Å². The molecule has 0 radical (unpaired) electrons. The second-order valence-electron chi connectivity index (χ2n) is 6.10. The van der Waals surface area contributed by atoms with Gasteiger partial charge < -0.3 is 14.1 Å². The summed E-state index contributed by atoms with van der Waals surface area (Å²) in [5.41, 5.74) is 0.967. The molecule has 2 aromatic heterocycles. The molecule has 0 amide bonds. The van der Waals surface area contributed by atoms with Gasteiger partial charge in [0.2, 0.25) is 5.89 Å². The first-order valence-corrected chi connectivity index (χ1v) is 8.45. The lowest BCUT2D eigenvalue weighted by Gasteiger charge is -2.35. The number of morpholine rings is 1. The largest absolute Gasteiger partial charge is 0.444 e. The predicted octanol–water partition coefficient (Wildman–Crippen LogP) is 1.81. The van der Waals surface area contributed by atoms with Gasteiger partial charge in [-0.3, -0.25) is 4.90 Å². The van der Waals surface area contributed by atoms with E-state index in [4.69, 9.17) is 9.15 Å². The second-order valence-corrected chi connectivity index (χ2v) is 6.10. The van der Waals surface area contributed by atoms with E-state index in [1.165, 1.54) is 0 Å². The number of rotatable bonds is 6. The zero-order chi connectivity index (χ0) is 16.9. The van der Waals surface area contributed by atoms with E-state index in [-0.39, 0.29) is 6.10 Å². The van der Waals surface area contributed by atoms with Crippen molar-refractivity contribution in [1.29, 1.82) is 0 Å². The van der Waals surface area contributed by atoms with Crippen LogP contribution in [0.25, 0.3) is 0 Å². The van der Waals surface area contributed by atoms with Gasteiger partial charge in [0.15, 0.2) is 5.82 Å². The molecule has 130 valence electrons. The Labute approximate surface area is 142 Å². The summed E-state index contributed by atoms with van der Waals surface area (Å²) in [5, 5.41) is 8.16. The molecule has 1 fully saturated rings. The summed E-state index contributed by atoms with van der Waals surface area (Å²) in [6.07, 6.45) is 1.83. The van der Waals surface area contributed by atoms with E-state index >= 15 is 0 Å². The monoisotopic (exact) mass is 331 g/mol. The van der Waals surface area contributed by atoms with Crippen LogP contribution in [0.5, 0.6) is 0 Å². The van der Waals surface area contributed by atoms with Crippen LogP contribution in [0.3, 0.4) is 0 Å². The number of ether oxygens (including phenoxy) is 1. The summed E-state index contributed by atoms with van der Waals surface area (Å²) in [5.74, 6) is 2.57. The zero-order valence-corrected chi connectivity index (χ0v) is 14.6. The van der Waals surface area contributed by atoms with E-state index in [0.717, 1.165) is 62.5 Å². The number of oxazole rings is 1. The minimum Gasteiger partial charge on any atom is -0.444 e. The Bertz CT molecular complexity index is 626. The maximum atomic E-state index is 5.95. The van der Waals surface area contributed by atoms with Crippen molar-refractivity contribution in [2.24, 2.45) is 0 Å². The van der Waals surface area contributed by atoms with Gasteiger partial charge in [-0.25, -0.2) is 4.98 Å². The smallest absolute Gasteiger partial charge is 0.208 e. The molecule has 0 bridgehead atoms. The highest BCUT2D eigenvalue weighted by molar-refractivity contribution is 5.36. The maximum absolute atomic E-state index is 5.95.